The molecule has 4 saturated carbocycles. The van der Waals surface area contributed by atoms with E-state index in [9.17, 15) is 15.0 Å². The van der Waals surface area contributed by atoms with Crippen LogP contribution in [-0.2, 0) is 4.79 Å². The zero-order chi connectivity index (χ0) is 21.1. The number of halogens is 1. The maximum absolute atomic E-state index is 15.5. The minimum absolute atomic E-state index is 0.00285. The highest BCUT2D eigenvalue weighted by atomic mass is 19.1. The van der Waals surface area contributed by atoms with Crippen LogP contribution in [-0.4, -0.2) is 39.7 Å². The first kappa shape index (κ1) is 21.5. The minimum Gasteiger partial charge on any atom is -0.481 e. The number of rotatable bonds is 4. The highest BCUT2D eigenvalue weighted by Gasteiger charge is 2.65. The first-order valence-electron chi connectivity index (χ1n) is 11.8. The van der Waals surface area contributed by atoms with Crippen molar-refractivity contribution >= 4 is 5.97 Å². The van der Waals surface area contributed by atoms with E-state index < -0.39 is 24.3 Å². The molecular formula is C24H39FO4. The number of hydrogen-bond donors (Lipinski definition) is 3. The number of aliphatic hydroxyl groups excluding tert-OH is 2. The van der Waals surface area contributed by atoms with E-state index in [-0.39, 0.29) is 29.1 Å². The summed E-state index contributed by atoms with van der Waals surface area (Å²) in [4.78, 5) is 11.0. The number of aliphatic carboxylic acids is 1. The quantitative estimate of drug-likeness (QED) is 0.641. The average Bonchev–Trinajstić information content (AvgIpc) is 3.02. The molecule has 0 spiro atoms. The van der Waals surface area contributed by atoms with Crippen LogP contribution in [0.3, 0.4) is 0 Å². The Labute approximate surface area is 174 Å². The molecule has 4 nitrogen and oxygen atoms in total. The number of carboxylic acids is 1. The summed E-state index contributed by atoms with van der Waals surface area (Å²) in [5, 5.41) is 30.4. The molecule has 4 rings (SSSR count). The molecule has 166 valence electrons. The van der Waals surface area contributed by atoms with E-state index in [0.29, 0.717) is 36.5 Å². The molecule has 0 saturated heterocycles. The third kappa shape index (κ3) is 3.26. The molecule has 0 aliphatic heterocycles. The number of hydrogen-bond acceptors (Lipinski definition) is 3. The van der Waals surface area contributed by atoms with Crippen molar-refractivity contribution in [1.82, 2.24) is 0 Å². The smallest absolute Gasteiger partial charge is 0.303 e. The summed E-state index contributed by atoms with van der Waals surface area (Å²) in [6.07, 6.45) is 4.57. The van der Waals surface area contributed by atoms with Crippen molar-refractivity contribution in [3.05, 3.63) is 0 Å². The molecule has 4 aliphatic carbocycles. The SMILES string of the molecule is C[C@H](CCC(=O)O)C1CC[C@H]2[C@@H]3[C@H](O)[C@H](F)C4C[C@H](O)CC[C@]4(C)[C@H]3CC[C@]12C. The van der Waals surface area contributed by atoms with Gasteiger partial charge in [0.15, 0.2) is 0 Å². The molecule has 0 heterocycles. The normalized spacial score (nSPS) is 52.9. The van der Waals surface area contributed by atoms with E-state index >= 15 is 4.39 Å². The van der Waals surface area contributed by atoms with Crippen LogP contribution in [0, 0.1) is 46.3 Å². The van der Waals surface area contributed by atoms with Crippen LogP contribution in [0.5, 0.6) is 0 Å². The molecule has 0 amide bonds. The molecule has 5 heteroatoms. The summed E-state index contributed by atoms with van der Waals surface area (Å²) < 4.78 is 15.5. The molecule has 2 unspecified atom stereocenters. The van der Waals surface area contributed by atoms with E-state index in [1.807, 2.05) is 0 Å². The van der Waals surface area contributed by atoms with Crippen molar-refractivity contribution in [1.29, 1.82) is 0 Å². The Kier molecular flexibility index (Phi) is 5.55. The van der Waals surface area contributed by atoms with Gasteiger partial charge in [-0.15, -0.1) is 0 Å². The molecule has 4 fully saturated rings. The summed E-state index contributed by atoms with van der Waals surface area (Å²) in [6.45, 7) is 6.74. The highest BCUT2D eigenvalue weighted by Crippen LogP contribution is 2.68. The maximum Gasteiger partial charge on any atom is 0.303 e. The lowest BCUT2D eigenvalue weighted by Gasteiger charge is -2.63. The van der Waals surface area contributed by atoms with Crippen LogP contribution >= 0.6 is 0 Å². The third-order valence-electron chi connectivity index (χ3n) is 10.2. The van der Waals surface area contributed by atoms with Gasteiger partial charge in [0.25, 0.3) is 0 Å². The van der Waals surface area contributed by atoms with E-state index in [1.165, 1.54) is 0 Å². The Morgan fingerprint density at radius 3 is 2.38 bits per heavy atom. The van der Waals surface area contributed by atoms with Crippen molar-refractivity contribution in [2.24, 2.45) is 46.3 Å². The molecule has 0 aromatic heterocycles. The summed E-state index contributed by atoms with van der Waals surface area (Å²) >= 11 is 0. The monoisotopic (exact) mass is 410 g/mol. The van der Waals surface area contributed by atoms with Crippen molar-refractivity contribution in [2.45, 2.75) is 96.9 Å². The van der Waals surface area contributed by atoms with E-state index in [4.69, 9.17) is 5.11 Å². The van der Waals surface area contributed by atoms with Crippen molar-refractivity contribution in [3.63, 3.8) is 0 Å². The summed E-state index contributed by atoms with van der Waals surface area (Å²) in [7, 11) is 0. The number of aliphatic hydroxyl groups is 2. The first-order chi connectivity index (χ1) is 13.6. The summed E-state index contributed by atoms with van der Waals surface area (Å²) in [6, 6.07) is 0. The van der Waals surface area contributed by atoms with Gasteiger partial charge < -0.3 is 15.3 Å². The minimum atomic E-state index is -1.25. The Morgan fingerprint density at radius 1 is 1.03 bits per heavy atom. The average molecular weight is 411 g/mol. The topological polar surface area (TPSA) is 77.8 Å². The van der Waals surface area contributed by atoms with Gasteiger partial charge in [-0.2, -0.15) is 0 Å². The molecule has 29 heavy (non-hydrogen) atoms. The number of carboxylic acid groups (broad SMARTS) is 1. The summed E-state index contributed by atoms with van der Waals surface area (Å²) in [5.41, 5.74) is -0.0615. The lowest BCUT2D eigenvalue weighted by molar-refractivity contribution is -0.206. The Bertz CT molecular complexity index is 640. The van der Waals surface area contributed by atoms with Crippen molar-refractivity contribution in [2.75, 3.05) is 0 Å². The van der Waals surface area contributed by atoms with E-state index in [2.05, 4.69) is 20.8 Å². The standard InChI is InChI=1S/C24H39FO4/c1-13(4-7-19(27)28)15-5-6-16-20-17(9-11-23(15,16)2)24(3)10-8-14(26)12-18(24)21(25)22(20)29/h13-18,20-22,26,29H,4-12H2,1-3H3,(H,27,28)/t13-,14-,15?,16+,17+,18?,20+,21-,22+,23-,24-/m1/s1. The van der Waals surface area contributed by atoms with E-state index in [1.54, 1.807) is 0 Å². The second kappa shape index (κ2) is 7.47. The van der Waals surface area contributed by atoms with Crippen LogP contribution in [0.15, 0.2) is 0 Å². The van der Waals surface area contributed by atoms with E-state index in [0.717, 1.165) is 38.5 Å². The molecule has 3 N–H and O–H groups in total. The highest BCUT2D eigenvalue weighted by molar-refractivity contribution is 5.66. The van der Waals surface area contributed by atoms with Gasteiger partial charge in [0, 0.05) is 12.3 Å². The molecular weight excluding hydrogens is 371 g/mol. The van der Waals surface area contributed by atoms with Crippen LogP contribution < -0.4 is 0 Å². The predicted octanol–water partition coefficient (Wildman–Crippen LogP) is 4.43. The van der Waals surface area contributed by atoms with Crippen molar-refractivity contribution < 1.29 is 24.5 Å². The second-order valence-electron chi connectivity index (χ2n) is 11.4. The lowest BCUT2D eigenvalue weighted by Crippen LogP contribution is -2.63. The number of alkyl halides is 1. The van der Waals surface area contributed by atoms with Gasteiger partial charge in [-0.1, -0.05) is 20.8 Å². The molecule has 4 aliphatic rings. The molecule has 0 aromatic carbocycles. The molecule has 0 bridgehead atoms. The first-order valence-corrected chi connectivity index (χ1v) is 11.8. The van der Waals surface area contributed by atoms with Gasteiger partial charge in [0.1, 0.15) is 6.17 Å². The fourth-order valence-electron chi connectivity index (χ4n) is 8.72. The van der Waals surface area contributed by atoms with Gasteiger partial charge >= 0.3 is 5.97 Å². The van der Waals surface area contributed by atoms with Gasteiger partial charge in [-0.05, 0) is 91.8 Å². The zero-order valence-electron chi connectivity index (χ0n) is 18.2. The Morgan fingerprint density at radius 2 is 1.69 bits per heavy atom. The van der Waals surface area contributed by atoms with Crippen LogP contribution in [0.25, 0.3) is 0 Å². The van der Waals surface area contributed by atoms with Crippen molar-refractivity contribution in [3.8, 4) is 0 Å². The van der Waals surface area contributed by atoms with Crippen LogP contribution in [0.2, 0.25) is 0 Å². The molecule has 0 radical (unpaired) electrons. The van der Waals surface area contributed by atoms with Crippen LogP contribution in [0.1, 0.15) is 78.6 Å². The Balaban J connectivity index is 1.59. The summed E-state index contributed by atoms with van der Waals surface area (Å²) in [5.74, 6) is 0.464. The number of carbonyl (C=O) groups is 1. The lowest BCUT2D eigenvalue weighted by atomic mass is 9.43. The molecule has 0 aromatic rings. The fraction of sp³-hybridized carbons (Fsp3) is 0.958. The van der Waals surface area contributed by atoms with Gasteiger partial charge in [-0.25, -0.2) is 4.39 Å². The third-order valence-corrected chi connectivity index (χ3v) is 10.2. The van der Waals surface area contributed by atoms with Gasteiger partial charge in [0.2, 0.25) is 0 Å². The van der Waals surface area contributed by atoms with Crippen LogP contribution in [0.4, 0.5) is 4.39 Å². The fourth-order valence-corrected chi connectivity index (χ4v) is 8.72. The predicted molar refractivity (Wildman–Crippen MR) is 109 cm³/mol. The van der Waals surface area contributed by atoms with Gasteiger partial charge in [0.05, 0.1) is 12.2 Å². The zero-order valence-corrected chi connectivity index (χ0v) is 18.2. The molecule has 11 atom stereocenters. The number of fused-ring (bicyclic) bond motifs is 5. The Hall–Kier alpha value is -0.680. The maximum atomic E-state index is 15.5. The second-order valence-corrected chi connectivity index (χ2v) is 11.4. The largest absolute Gasteiger partial charge is 0.481 e. The van der Waals surface area contributed by atoms with Gasteiger partial charge in [-0.3, -0.25) is 4.79 Å².